The minimum absolute atomic E-state index is 0.0919. The average molecular weight is 511 g/mol. The van der Waals surface area contributed by atoms with Gasteiger partial charge in [0.2, 0.25) is 11.9 Å². The van der Waals surface area contributed by atoms with Crippen molar-refractivity contribution in [1.29, 1.82) is 0 Å². The van der Waals surface area contributed by atoms with E-state index in [4.69, 9.17) is 10.7 Å². The summed E-state index contributed by atoms with van der Waals surface area (Å²) in [5.41, 5.74) is 9.55. The van der Waals surface area contributed by atoms with Crippen LogP contribution in [0.1, 0.15) is 49.4 Å². The highest BCUT2D eigenvalue weighted by Gasteiger charge is 2.41. The Morgan fingerprint density at radius 3 is 2.71 bits per heavy atom. The first-order chi connectivity index (χ1) is 18.4. The number of carbonyl (C=O) groups excluding carboxylic acids is 2. The van der Waals surface area contributed by atoms with Gasteiger partial charge >= 0.3 is 0 Å². The fourth-order valence-electron chi connectivity index (χ4n) is 5.68. The number of likely N-dealkylation sites (N-methyl/N-ethyl adjacent to an activating group) is 1. The highest BCUT2D eigenvalue weighted by atomic mass is 16.2. The summed E-state index contributed by atoms with van der Waals surface area (Å²) >= 11 is 0. The van der Waals surface area contributed by atoms with Crippen LogP contribution in [0.4, 0.5) is 23.1 Å². The normalized spacial score (nSPS) is 17.7. The molecule has 38 heavy (non-hydrogen) atoms. The van der Waals surface area contributed by atoms with E-state index in [1.165, 1.54) is 12.8 Å². The van der Waals surface area contributed by atoms with Crippen LogP contribution in [0.3, 0.4) is 0 Å². The van der Waals surface area contributed by atoms with E-state index in [2.05, 4.69) is 32.1 Å². The third-order valence-corrected chi connectivity index (χ3v) is 7.58. The third kappa shape index (κ3) is 4.02. The average Bonchev–Trinajstić information content (AvgIpc) is 3.61. The number of rotatable bonds is 6. The second-order valence-corrected chi connectivity index (χ2v) is 9.93. The number of fused-ring (bicyclic) bond motifs is 2. The molecule has 0 spiro atoms. The summed E-state index contributed by atoms with van der Waals surface area (Å²) in [4.78, 5) is 46.2. The number of aromatic amines is 1. The van der Waals surface area contributed by atoms with E-state index in [0.717, 1.165) is 47.5 Å². The SMILES string of the molecule is CC[C@@H]1C(=O)N(C)c2cnc(Nc3cccc(-c4nc5c(C(N)=O)cccc5[nH]4)c3)nc2N1C1CCCC1. The Labute approximate surface area is 220 Å². The Morgan fingerprint density at radius 2 is 1.95 bits per heavy atom. The number of hydrogen-bond donors (Lipinski definition) is 3. The van der Waals surface area contributed by atoms with Crippen molar-refractivity contribution in [3.05, 3.63) is 54.2 Å². The van der Waals surface area contributed by atoms with Gasteiger partial charge in [0.1, 0.15) is 23.1 Å². The summed E-state index contributed by atoms with van der Waals surface area (Å²) < 4.78 is 0. The summed E-state index contributed by atoms with van der Waals surface area (Å²) in [5.74, 6) is 1.46. The first-order valence-corrected chi connectivity index (χ1v) is 13.0. The number of amides is 2. The summed E-state index contributed by atoms with van der Waals surface area (Å²) in [5, 5.41) is 3.33. The molecule has 3 heterocycles. The van der Waals surface area contributed by atoms with Crippen LogP contribution < -0.4 is 20.9 Å². The van der Waals surface area contributed by atoms with Crippen molar-refractivity contribution in [3.63, 3.8) is 0 Å². The maximum absolute atomic E-state index is 13.1. The molecule has 2 aromatic heterocycles. The van der Waals surface area contributed by atoms with Crippen LogP contribution in [0, 0.1) is 0 Å². The summed E-state index contributed by atoms with van der Waals surface area (Å²) in [6, 6.07) is 13.1. The zero-order valence-electron chi connectivity index (χ0n) is 21.4. The van der Waals surface area contributed by atoms with Gasteiger partial charge in [0.25, 0.3) is 5.91 Å². The minimum atomic E-state index is -0.516. The van der Waals surface area contributed by atoms with Crippen molar-refractivity contribution < 1.29 is 9.59 Å². The van der Waals surface area contributed by atoms with Crippen LogP contribution in [0.15, 0.2) is 48.7 Å². The van der Waals surface area contributed by atoms with Crippen LogP contribution >= 0.6 is 0 Å². The first kappa shape index (κ1) is 23.9. The molecular formula is C28H30N8O2. The van der Waals surface area contributed by atoms with E-state index in [0.29, 0.717) is 28.9 Å². The van der Waals surface area contributed by atoms with Gasteiger partial charge in [0.05, 0.1) is 17.3 Å². The Bertz CT molecular complexity index is 1540. The van der Waals surface area contributed by atoms with E-state index >= 15 is 0 Å². The lowest BCUT2D eigenvalue weighted by Crippen LogP contribution is -2.55. The topological polar surface area (TPSA) is 133 Å². The molecule has 10 heteroatoms. The Kier molecular flexibility index (Phi) is 5.94. The van der Waals surface area contributed by atoms with E-state index in [1.807, 2.05) is 30.3 Å². The second kappa shape index (κ2) is 9.44. The van der Waals surface area contributed by atoms with Crippen LogP contribution in [-0.2, 0) is 4.79 Å². The molecule has 1 saturated carbocycles. The molecule has 4 N–H and O–H groups in total. The molecule has 0 bridgehead atoms. The molecule has 2 aliphatic rings. The molecule has 6 rings (SSSR count). The van der Waals surface area contributed by atoms with Gasteiger partial charge in [0, 0.05) is 24.3 Å². The molecule has 2 amide bonds. The molecule has 1 aliphatic heterocycles. The molecule has 0 saturated heterocycles. The number of aromatic nitrogens is 4. The number of primary amides is 1. The number of nitrogens with zero attached hydrogens (tertiary/aromatic N) is 5. The van der Waals surface area contributed by atoms with Crippen molar-refractivity contribution >= 4 is 46.0 Å². The molecule has 0 unspecified atom stereocenters. The van der Waals surface area contributed by atoms with Gasteiger partial charge in [-0.1, -0.05) is 38.0 Å². The second-order valence-electron chi connectivity index (χ2n) is 9.93. The van der Waals surface area contributed by atoms with E-state index in [1.54, 1.807) is 30.3 Å². The maximum Gasteiger partial charge on any atom is 0.250 e. The van der Waals surface area contributed by atoms with Gasteiger partial charge < -0.3 is 25.8 Å². The van der Waals surface area contributed by atoms with Gasteiger partial charge in [0.15, 0.2) is 5.82 Å². The van der Waals surface area contributed by atoms with Crippen LogP contribution in [-0.4, -0.2) is 50.9 Å². The monoisotopic (exact) mass is 510 g/mol. The van der Waals surface area contributed by atoms with E-state index in [9.17, 15) is 9.59 Å². The zero-order chi connectivity index (χ0) is 26.4. The van der Waals surface area contributed by atoms with Gasteiger partial charge in [-0.05, 0) is 43.5 Å². The highest BCUT2D eigenvalue weighted by molar-refractivity contribution is 6.05. The number of benzene rings is 2. The summed E-state index contributed by atoms with van der Waals surface area (Å²) in [7, 11) is 1.80. The third-order valence-electron chi connectivity index (χ3n) is 7.58. The van der Waals surface area contributed by atoms with Crippen molar-refractivity contribution in [2.24, 2.45) is 5.73 Å². The number of anilines is 4. The molecule has 194 valence electrons. The van der Waals surface area contributed by atoms with Crippen molar-refractivity contribution in [1.82, 2.24) is 19.9 Å². The first-order valence-electron chi connectivity index (χ1n) is 13.0. The Hall–Kier alpha value is -4.47. The van der Waals surface area contributed by atoms with Gasteiger partial charge in [-0.3, -0.25) is 9.59 Å². The number of nitrogens with two attached hydrogens (primary N) is 1. The van der Waals surface area contributed by atoms with E-state index in [-0.39, 0.29) is 11.9 Å². The zero-order valence-corrected chi connectivity index (χ0v) is 21.4. The molecule has 2 aromatic carbocycles. The van der Waals surface area contributed by atoms with Gasteiger partial charge in [-0.25, -0.2) is 9.97 Å². The molecular weight excluding hydrogens is 480 g/mol. The molecule has 1 fully saturated rings. The molecule has 1 aliphatic carbocycles. The summed E-state index contributed by atoms with van der Waals surface area (Å²) in [6.45, 7) is 2.06. The van der Waals surface area contributed by atoms with Crippen LogP contribution in [0.2, 0.25) is 0 Å². The van der Waals surface area contributed by atoms with Crippen LogP contribution in [0.5, 0.6) is 0 Å². The standard InChI is InChI=1S/C28H30N8O2/c1-3-21-27(38)35(2)22-15-30-28(34-26(22)36(21)18-10-4-5-11-18)31-17-9-6-8-16(14-17)25-32-20-13-7-12-19(24(29)37)23(20)33-25/h6-9,12-15,18,21H,3-5,10-11H2,1-2H3,(H2,29,37)(H,32,33)(H,30,31,34)/t21-/m1/s1. The number of H-pyrrole nitrogens is 1. The predicted octanol–water partition coefficient (Wildman–Crippen LogP) is 4.37. The number of carbonyl (C=O) groups is 2. The molecule has 4 aromatic rings. The fourth-order valence-corrected chi connectivity index (χ4v) is 5.68. The minimum Gasteiger partial charge on any atom is -0.366 e. The molecule has 0 radical (unpaired) electrons. The number of hydrogen-bond acceptors (Lipinski definition) is 7. The fraction of sp³-hybridized carbons (Fsp3) is 0.321. The number of imidazole rings is 1. The number of nitrogens with one attached hydrogen (secondary N) is 2. The number of para-hydroxylation sites is 1. The molecule has 1 atom stereocenters. The van der Waals surface area contributed by atoms with E-state index < -0.39 is 5.91 Å². The lowest BCUT2D eigenvalue weighted by Gasteiger charge is -2.43. The van der Waals surface area contributed by atoms with Crippen molar-refractivity contribution in [2.75, 3.05) is 22.2 Å². The summed E-state index contributed by atoms with van der Waals surface area (Å²) in [6.07, 6.45) is 6.92. The smallest absolute Gasteiger partial charge is 0.250 e. The lowest BCUT2D eigenvalue weighted by atomic mass is 10.0. The lowest BCUT2D eigenvalue weighted by molar-refractivity contribution is -0.120. The van der Waals surface area contributed by atoms with Crippen molar-refractivity contribution in [2.45, 2.75) is 51.1 Å². The Morgan fingerprint density at radius 1 is 1.16 bits per heavy atom. The Balaban J connectivity index is 1.33. The maximum atomic E-state index is 13.1. The largest absolute Gasteiger partial charge is 0.366 e. The van der Waals surface area contributed by atoms with Gasteiger partial charge in [-0.15, -0.1) is 0 Å². The quantitative estimate of drug-likeness (QED) is 0.351. The van der Waals surface area contributed by atoms with Gasteiger partial charge in [-0.2, -0.15) is 4.98 Å². The predicted molar refractivity (Wildman–Crippen MR) is 148 cm³/mol. The van der Waals surface area contributed by atoms with Crippen molar-refractivity contribution in [3.8, 4) is 11.4 Å². The highest BCUT2D eigenvalue weighted by Crippen LogP contribution is 2.40. The van der Waals surface area contributed by atoms with Crippen LogP contribution in [0.25, 0.3) is 22.4 Å². The molecule has 10 nitrogen and oxygen atoms in total.